The molecule has 0 heterocycles. The number of hydrogen-bond acceptors (Lipinski definition) is 3. The number of halogens is 4. The number of rotatable bonds is 6. The molecule has 0 radical (unpaired) electrons. The average molecular weight is 437 g/mol. The predicted octanol–water partition coefficient (Wildman–Crippen LogP) is 4.16. The third-order valence-corrected chi connectivity index (χ3v) is 4.91. The zero-order valence-corrected chi connectivity index (χ0v) is 15.4. The van der Waals surface area contributed by atoms with E-state index in [0.29, 0.717) is 13.0 Å². The molecule has 0 aliphatic heterocycles. The van der Waals surface area contributed by atoms with E-state index in [9.17, 15) is 21.6 Å². The van der Waals surface area contributed by atoms with Crippen molar-refractivity contribution in [3.8, 4) is 0 Å². The number of anilines is 1. The molecule has 4 nitrogen and oxygen atoms in total. The molecule has 25 heavy (non-hydrogen) atoms. The zero-order valence-electron chi connectivity index (χ0n) is 13.0. The lowest BCUT2D eigenvalue weighted by Crippen LogP contribution is -2.19. The van der Waals surface area contributed by atoms with Crippen molar-refractivity contribution in [2.24, 2.45) is 5.14 Å². The number of aryl methyl sites for hydroxylation is 1. The summed E-state index contributed by atoms with van der Waals surface area (Å²) in [5, 5.41) is 7.72. The van der Waals surface area contributed by atoms with Crippen LogP contribution in [0.15, 0.2) is 51.8 Å². The number of benzene rings is 2. The van der Waals surface area contributed by atoms with Crippen LogP contribution in [0, 0.1) is 0 Å². The molecule has 0 fully saturated rings. The molecular weight excluding hydrogens is 421 g/mol. The van der Waals surface area contributed by atoms with Crippen molar-refractivity contribution >= 4 is 31.6 Å². The second-order valence-electron chi connectivity index (χ2n) is 5.41. The highest BCUT2D eigenvalue weighted by atomic mass is 79.9. The molecule has 0 aliphatic carbocycles. The van der Waals surface area contributed by atoms with Crippen molar-refractivity contribution in [1.29, 1.82) is 0 Å². The third kappa shape index (κ3) is 5.72. The maximum atomic E-state index is 13.1. The minimum absolute atomic E-state index is 0.189. The summed E-state index contributed by atoms with van der Waals surface area (Å²) in [7, 11) is -4.45. The van der Waals surface area contributed by atoms with Gasteiger partial charge in [-0.25, -0.2) is 13.6 Å². The molecule has 2 aromatic rings. The van der Waals surface area contributed by atoms with Crippen LogP contribution in [0.25, 0.3) is 0 Å². The van der Waals surface area contributed by atoms with Crippen LogP contribution in [-0.2, 0) is 22.6 Å². The summed E-state index contributed by atoms with van der Waals surface area (Å²) in [6.45, 7) is 0.443. The van der Waals surface area contributed by atoms with Crippen LogP contribution in [0.2, 0.25) is 0 Å². The molecule has 0 saturated heterocycles. The van der Waals surface area contributed by atoms with Gasteiger partial charge in [0.05, 0.1) is 10.5 Å². The van der Waals surface area contributed by atoms with E-state index < -0.39 is 26.7 Å². The first kappa shape index (κ1) is 19.7. The van der Waals surface area contributed by atoms with Gasteiger partial charge in [0.25, 0.3) is 0 Å². The molecular formula is C16H16BrF3N2O2S. The van der Waals surface area contributed by atoms with Gasteiger partial charge in [0, 0.05) is 16.7 Å². The Morgan fingerprint density at radius 2 is 1.84 bits per heavy atom. The number of hydrogen-bond donors (Lipinski definition) is 2. The summed E-state index contributed by atoms with van der Waals surface area (Å²) in [4.78, 5) is -0.931. The second kappa shape index (κ2) is 7.76. The van der Waals surface area contributed by atoms with Gasteiger partial charge in [-0.05, 0) is 48.7 Å². The van der Waals surface area contributed by atoms with E-state index in [4.69, 9.17) is 5.14 Å². The maximum Gasteiger partial charge on any atom is 0.417 e. The Labute approximate surface area is 152 Å². The monoisotopic (exact) mass is 436 g/mol. The SMILES string of the molecule is NS(=O)(=O)c1ccc(NCCCc2cccc(Br)c2)cc1C(F)(F)F. The Hall–Kier alpha value is -1.58. The van der Waals surface area contributed by atoms with E-state index in [0.717, 1.165) is 28.6 Å². The first-order valence-corrected chi connectivity index (χ1v) is 9.63. The minimum Gasteiger partial charge on any atom is -0.385 e. The molecule has 0 aromatic heterocycles. The van der Waals surface area contributed by atoms with E-state index in [-0.39, 0.29) is 5.69 Å². The molecule has 3 N–H and O–H groups in total. The fourth-order valence-corrected chi connectivity index (χ4v) is 3.51. The van der Waals surface area contributed by atoms with Gasteiger partial charge in [0.2, 0.25) is 10.0 Å². The number of sulfonamides is 1. The molecule has 2 aromatic carbocycles. The molecule has 2 rings (SSSR count). The Bertz CT molecular complexity index is 855. The average Bonchev–Trinajstić information content (AvgIpc) is 2.50. The van der Waals surface area contributed by atoms with Gasteiger partial charge in [0.1, 0.15) is 0 Å². The Morgan fingerprint density at radius 3 is 2.44 bits per heavy atom. The van der Waals surface area contributed by atoms with E-state index in [2.05, 4.69) is 21.2 Å². The molecule has 0 spiro atoms. The van der Waals surface area contributed by atoms with Crippen LogP contribution in [0.4, 0.5) is 18.9 Å². The van der Waals surface area contributed by atoms with Gasteiger partial charge < -0.3 is 5.32 Å². The largest absolute Gasteiger partial charge is 0.417 e. The number of nitrogens with two attached hydrogens (primary N) is 1. The standard InChI is InChI=1S/C16H16BrF3N2O2S/c17-12-5-1-3-11(9-12)4-2-8-22-13-6-7-15(25(21,23)24)14(10-13)16(18,19)20/h1,3,5-7,9-10,22H,2,4,8H2,(H2,21,23,24). The lowest BCUT2D eigenvalue weighted by atomic mass is 10.1. The summed E-state index contributed by atoms with van der Waals surface area (Å²) >= 11 is 3.38. The predicted molar refractivity (Wildman–Crippen MR) is 93.8 cm³/mol. The van der Waals surface area contributed by atoms with Gasteiger partial charge in [0.15, 0.2) is 0 Å². The lowest BCUT2D eigenvalue weighted by Gasteiger charge is -2.14. The van der Waals surface area contributed by atoms with Crippen LogP contribution in [0.1, 0.15) is 17.5 Å². The third-order valence-electron chi connectivity index (χ3n) is 3.45. The highest BCUT2D eigenvalue weighted by Gasteiger charge is 2.36. The summed E-state index contributed by atoms with van der Waals surface area (Å²) in [5.74, 6) is 0. The normalized spacial score (nSPS) is 12.2. The molecule has 0 atom stereocenters. The highest BCUT2D eigenvalue weighted by Crippen LogP contribution is 2.35. The Balaban J connectivity index is 2.05. The van der Waals surface area contributed by atoms with Gasteiger partial charge in [-0.1, -0.05) is 28.1 Å². The smallest absolute Gasteiger partial charge is 0.385 e. The second-order valence-corrected chi connectivity index (χ2v) is 7.86. The van der Waals surface area contributed by atoms with Gasteiger partial charge >= 0.3 is 6.18 Å². The number of primary sulfonamides is 1. The Morgan fingerprint density at radius 1 is 1.12 bits per heavy atom. The molecule has 136 valence electrons. The fourth-order valence-electron chi connectivity index (χ4n) is 2.33. The summed E-state index contributed by atoms with van der Waals surface area (Å²) in [6.07, 6.45) is -3.35. The molecule has 0 aliphatic rings. The van der Waals surface area contributed by atoms with Crippen molar-refractivity contribution in [2.75, 3.05) is 11.9 Å². The highest BCUT2D eigenvalue weighted by molar-refractivity contribution is 9.10. The summed E-state index contributed by atoms with van der Waals surface area (Å²) in [5.41, 5.74) is 0.0256. The van der Waals surface area contributed by atoms with Gasteiger partial charge in [-0.15, -0.1) is 0 Å². The van der Waals surface area contributed by atoms with Gasteiger partial charge in [-0.2, -0.15) is 13.2 Å². The molecule has 9 heteroatoms. The quantitative estimate of drug-likeness (QED) is 0.667. The van der Waals surface area contributed by atoms with E-state index in [1.807, 2.05) is 24.3 Å². The zero-order chi connectivity index (χ0) is 18.7. The first-order valence-electron chi connectivity index (χ1n) is 7.30. The lowest BCUT2D eigenvalue weighted by molar-refractivity contribution is -0.139. The summed E-state index contributed by atoms with van der Waals surface area (Å²) in [6, 6.07) is 10.7. The van der Waals surface area contributed by atoms with E-state index >= 15 is 0 Å². The fraction of sp³-hybridized carbons (Fsp3) is 0.250. The van der Waals surface area contributed by atoms with Crippen molar-refractivity contribution < 1.29 is 21.6 Å². The molecule has 0 unspecified atom stereocenters. The Kier molecular flexibility index (Phi) is 6.12. The van der Waals surface area contributed by atoms with Crippen LogP contribution < -0.4 is 10.5 Å². The van der Waals surface area contributed by atoms with Crippen molar-refractivity contribution in [3.63, 3.8) is 0 Å². The van der Waals surface area contributed by atoms with Gasteiger partial charge in [-0.3, -0.25) is 0 Å². The van der Waals surface area contributed by atoms with Crippen LogP contribution in [0.3, 0.4) is 0 Å². The van der Waals surface area contributed by atoms with E-state index in [1.54, 1.807) is 0 Å². The van der Waals surface area contributed by atoms with Crippen molar-refractivity contribution in [1.82, 2.24) is 0 Å². The number of nitrogens with one attached hydrogen (secondary N) is 1. The molecule has 0 amide bonds. The molecule has 0 bridgehead atoms. The minimum atomic E-state index is -4.81. The maximum absolute atomic E-state index is 13.1. The number of alkyl halides is 3. The van der Waals surface area contributed by atoms with Crippen molar-refractivity contribution in [3.05, 3.63) is 58.1 Å². The molecule has 0 saturated carbocycles. The summed E-state index contributed by atoms with van der Waals surface area (Å²) < 4.78 is 62.7. The van der Waals surface area contributed by atoms with E-state index in [1.165, 1.54) is 6.07 Å². The van der Waals surface area contributed by atoms with Crippen LogP contribution in [0.5, 0.6) is 0 Å². The first-order chi connectivity index (χ1) is 11.6. The van der Waals surface area contributed by atoms with Crippen LogP contribution >= 0.6 is 15.9 Å². The topological polar surface area (TPSA) is 72.2 Å². The van der Waals surface area contributed by atoms with Crippen LogP contribution in [-0.4, -0.2) is 15.0 Å². The van der Waals surface area contributed by atoms with Crippen molar-refractivity contribution in [2.45, 2.75) is 23.9 Å².